The molecule has 3 N–H and O–H groups in total. The second-order valence-electron chi connectivity index (χ2n) is 9.85. The summed E-state index contributed by atoms with van der Waals surface area (Å²) in [4.78, 5) is 28.2. The first-order valence-corrected chi connectivity index (χ1v) is 14.0. The van der Waals surface area contributed by atoms with Crippen LogP contribution >= 0.6 is 11.6 Å². The van der Waals surface area contributed by atoms with Gasteiger partial charge in [-0.1, -0.05) is 11.6 Å². The van der Waals surface area contributed by atoms with Crippen LogP contribution in [-0.4, -0.2) is 51.9 Å². The SMILES string of the molecule is Cc1cc(NCCCCNc2ccnc3cc(Cl)ccc23)nc(Nc2ccc(C(=O)N3CCCCC3)cc2)n1. The van der Waals surface area contributed by atoms with E-state index in [1.54, 1.807) is 6.20 Å². The zero-order valence-electron chi connectivity index (χ0n) is 22.2. The molecular formula is C30H34ClN7O. The highest BCUT2D eigenvalue weighted by Gasteiger charge is 2.18. The van der Waals surface area contributed by atoms with Gasteiger partial charge < -0.3 is 20.9 Å². The fourth-order valence-corrected chi connectivity index (χ4v) is 4.95. The van der Waals surface area contributed by atoms with E-state index in [2.05, 4.69) is 30.9 Å². The minimum atomic E-state index is 0.105. The van der Waals surface area contributed by atoms with Gasteiger partial charge in [0.2, 0.25) is 5.95 Å². The van der Waals surface area contributed by atoms with Crippen molar-refractivity contribution in [3.63, 3.8) is 0 Å². The van der Waals surface area contributed by atoms with Crippen molar-refractivity contribution in [1.82, 2.24) is 19.9 Å². The van der Waals surface area contributed by atoms with Crippen LogP contribution in [0.1, 0.15) is 48.2 Å². The third-order valence-electron chi connectivity index (χ3n) is 6.82. The molecule has 0 unspecified atom stereocenters. The molecule has 39 heavy (non-hydrogen) atoms. The number of hydrogen-bond acceptors (Lipinski definition) is 7. The lowest BCUT2D eigenvalue weighted by atomic mass is 10.1. The van der Waals surface area contributed by atoms with Crippen molar-refractivity contribution in [2.24, 2.45) is 0 Å². The topological polar surface area (TPSA) is 95.1 Å². The number of hydrogen-bond donors (Lipinski definition) is 3. The Hall–Kier alpha value is -3.91. The molecule has 1 aliphatic heterocycles. The van der Waals surface area contributed by atoms with Crippen LogP contribution in [0, 0.1) is 6.92 Å². The van der Waals surface area contributed by atoms with Gasteiger partial charge >= 0.3 is 0 Å². The third-order valence-corrected chi connectivity index (χ3v) is 7.05. The Kier molecular flexibility index (Phi) is 8.73. The molecule has 2 aromatic carbocycles. The van der Waals surface area contributed by atoms with E-state index < -0.39 is 0 Å². The molecule has 3 heterocycles. The van der Waals surface area contributed by atoms with Crippen LogP contribution in [0.5, 0.6) is 0 Å². The number of aromatic nitrogens is 3. The van der Waals surface area contributed by atoms with Gasteiger partial charge in [0, 0.05) is 71.5 Å². The zero-order valence-corrected chi connectivity index (χ0v) is 23.0. The lowest BCUT2D eigenvalue weighted by Crippen LogP contribution is -2.35. The summed E-state index contributed by atoms with van der Waals surface area (Å²) in [5.74, 6) is 1.42. The standard InChI is InChI=1S/C30H34ClN7O/c1-21-19-28(34-15-4-3-14-32-26-13-16-33-27-20-23(31)9-12-25(26)27)37-30(35-21)36-24-10-7-22(8-11-24)29(39)38-17-5-2-6-18-38/h7-13,16,19-20H,2-6,14-15,17-18H2,1H3,(H,32,33)(H2,34,35,36,37). The maximum atomic E-state index is 12.7. The van der Waals surface area contributed by atoms with Crippen molar-refractivity contribution in [1.29, 1.82) is 0 Å². The van der Waals surface area contributed by atoms with E-state index in [0.717, 1.165) is 85.7 Å². The van der Waals surface area contributed by atoms with Gasteiger partial charge in [0.05, 0.1) is 5.52 Å². The van der Waals surface area contributed by atoms with Crippen molar-refractivity contribution < 1.29 is 4.79 Å². The van der Waals surface area contributed by atoms with Gasteiger partial charge in [-0.05, 0) is 87.6 Å². The molecule has 1 saturated heterocycles. The van der Waals surface area contributed by atoms with Gasteiger partial charge in [-0.2, -0.15) is 4.98 Å². The monoisotopic (exact) mass is 543 g/mol. The Balaban J connectivity index is 1.09. The van der Waals surface area contributed by atoms with Crippen LogP contribution in [0.4, 0.5) is 23.1 Å². The molecule has 0 atom stereocenters. The number of nitrogens with one attached hydrogen (secondary N) is 3. The van der Waals surface area contributed by atoms with Gasteiger partial charge in [0.1, 0.15) is 5.82 Å². The summed E-state index contributed by atoms with van der Waals surface area (Å²) in [5.41, 5.74) is 4.39. The van der Waals surface area contributed by atoms with Gasteiger partial charge in [0.25, 0.3) is 5.91 Å². The third kappa shape index (κ3) is 7.15. The molecule has 1 fully saturated rings. The molecule has 8 nitrogen and oxygen atoms in total. The molecule has 0 radical (unpaired) electrons. The molecule has 5 rings (SSSR count). The van der Waals surface area contributed by atoms with Crippen LogP contribution in [0.15, 0.2) is 60.8 Å². The van der Waals surface area contributed by atoms with Crippen LogP contribution in [0.3, 0.4) is 0 Å². The Morgan fingerprint density at radius 1 is 0.923 bits per heavy atom. The maximum absolute atomic E-state index is 12.7. The van der Waals surface area contributed by atoms with Crippen LogP contribution < -0.4 is 16.0 Å². The molecule has 202 valence electrons. The fraction of sp³-hybridized carbons (Fsp3) is 0.333. The van der Waals surface area contributed by atoms with Crippen molar-refractivity contribution in [2.45, 2.75) is 39.0 Å². The number of piperidine rings is 1. The summed E-state index contributed by atoms with van der Waals surface area (Å²) in [6.45, 7) is 5.31. The summed E-state index contributed by atoms with van der Waals surface area (Å²) in [6.07, 6.45) is 7.17. The second kappa shape index (κ2) is 12.8. The van der Waals surface area contributed by atoms with E-state index in [1.165, 1.54) is 6.42 Å². The van der Waals surface area contributed by atoms with Crippen molar-refractivity contribution >= 4 is 51.6 Å². The summed E-state index contributed by atoms with van der Waals surface area (Å²) in [6, 6.07) is 17.3. The molecule has 0 bridgehead atoms. The first-order chi connectivity index (χ1) is 19.0. The molecule has 4 aromatic rings. The molecule has 0 saturated carbocycles. The average Bonchev–Trinajstić information content (AvgIpc) is 2.95. The number of amides is 1. The van der Waals surface area contributed by atoms with Crippen molar-refractivity contribution in [3.8, 4) is 0 Å². The minimum absolute atomic E-state index is 0.105. The predicted molar refractivity (Wildman–Crippen MR) is 159 cm³/mol. The first-order valence-electron chi connectivity index (χ1n) is 13.6. The summed E-state index contributed by atoms with van der Waals surface area (Å²) >= 11 is 6.09. The normalized spacial score (nSPS) is 13.3. The first kappa shape index (κ1) is 26.7. The lowest BCUT2D eigenvalue weighted by Gasteiger charge is -2.26. The lowest BCUT2D eigenvalue weighted by molar-refractivity contribution is 0.0724. The highest BCUT2D eigenvalue weighted by atomic mass is 35.5. The minimum Gasteiger partial charge on any atom is -0.384 e. The number of aryl methyl sites for hydroxylation is 1. The van der Waals surface area contributed by atoms with Crippen molar-refractivity contribution in [2.75, 3.05) is 42.1 Å². The Morgan fingerprint density at radius 2 is 1.69 bits per heavy atom. The molecule has 1 aliphatic rings. The summed E-state index contributed by atoms with van der Waals surface area (Å²) in [7, 11) is 0. The highest BCUT2D eigenvalue weighted by Crippen LogP contribution is 2.24. The average molecular weight is 544 g/mol. The number of carbonyl (C=O) groups is 1. The van der Waals surface area contributed by atoms with Gasteiger partial charge in [-0.3, -0.25) is 9.78 Å². The summed E-state index contributed by atoms with van der Waals surface area (Å²) < 4.78 is 0. The fourth-order valence-electron chi connectivity index (χ4n) is 4.78. The molecule has 0 aliphatic carbocycles. The largest absolute Gasteiger partial charge is 0.384 e. The number of pyridine rings is 1. The number of likely N-dealkylation sites (tertiary alicyclic amines) is 1. The Bertz CT molecular complexity index is 1420. The van der Waals surface area contributed by atoms with E-state index >= 15 is 0 Å². The highest BCUT2D eigenvalue weighted by molar-refractivity contribution is 6.31. The molecular weight excluding hydrogens is 510 g/mol. The van der Waals surface area contributed by atoms with E-state index in [9.17, 15) is 4.79 Å². The van der Waals surface area contributed by atoms with Gasteiger partial charge in [-0.25, -0.2) is 4.98 Å². The number of unbranched alkanes of at least 4 members (excludes halogenated alkanes) is 1. The zero-order chi connectivity index (χ0) is 27.0. The number of nitrogens with zero attached hydrogens (tertiary/aromatic N) is 4. The second-order valence-corrected chi connectivity index (χ2v) is 10.3. The molecule has 2 aromatic heterocycles. The van der Waals surface area contributed by atoms with E-state index in [0.29, 0.717) is 16.5 Å². The van der Waals surface area contributed by atoms with Gasteiger partial charge in [-0.15, -0.1) is 0 Å². The number of fused-ring (bicyclic) bond motifs is 1. The van der Waals surface area contributed by atoms with E-state index in [-0.39, 0.29) is 5.91 Å². The smallest absolute Gasteiger partial charge is 0.253 e. The van der Waals surface area contributed by atoms with Gasteiger partial charge in [0.15, 0.2) is 0 Å². The number of halogens is 1. The summed E-state index contributed by atoms with van der Waals surface area (Å²) in [5, 5.41) is 11.9. The van der Waals surface area contributed by atoms with Crippen molar-refractivity contribution in [3.05, 3.63) is 77.1 Å². The Labute approximate surface area is 234 Å². The van der Waals surface area contributed by atoms with Crippen LogP contribution in [0.25, 0.3) is 10.9 Å². The molecule has 1 amide bonds. The molecule has 9 heteroatoms. The molecule has 0 spiro atoms. The number of anilines is 4. The number of rotatable bonds is 10. The predicted octanol–water partition coefficient (Wildman–Crippen LogP) is 6.66. The number of carbonyl (C=O) groups excluding carboxylic acids is 1. The Morgan fingerprint density at radius 3 is 2.49 bits per heavy atom. The maximum Gasteiger partial charge on any atom is 0.253 e. The van der Waals surface area contributed by atoms with Crippen LogP contribution in [-0.2, 0) is 0 Å². The van der Waals surface area contributed by atoms with Crippen LogP contribution in [0.2, 0.25) is 5.02 Å². The van der Waals surface area contributed by atoms with E-state index in [4.69, 9.17) is 11.6 Å². The number of benzene rings is 2. The quantitative estimate of drug-likeness (QED) is 0.192. The van der Waals surface area contributed by atoms with E-state index in [1.807, 2.05) is 66.4 Å².